The molecule has 3 heterocycles. The number of fused-ring (bicyclic) bond motifs is 1. The van der Waals surface area contributed by atoms with Gasteiger partial charge in [-0.1, -0.05) is 35.2 Å². The van der Waals surface area contributed by atoms with Crippen molar-refractivity contribution in [3.8, 4) is 5.75 Å². The standard InChI is InChI=1S/C29H21FN4O6S2/c1-15-12-19-13-18(6-11-22(19)40-15)25(35)23-24(17-4-9-21(10-5-17)34(38)39)33(27(37)26(23)36)28-31-32-29(42-28)41-14-16-2-7-20(30)8-3-16/h2-11,13,15,24,35H,12,14H2,1H3/b25-23+. The summed E-state index contributed by atoms with van der Waals surface area (Å²) >= 11 is 2.41. The molecule has 1 saturated heterocycles. The Morgan fingerprint density at radius 1 is 1.14 bits per heavy atom. The SMILES string of the molecule is CC1Cc2cc(/C(O)=C3\C(=O)C(=O)N(c4nnc(SCc5ccc(F)cc5)s4)C3c3ccc([N+](=O)[O-])cc3)ccc2O1. The fourth-order valence-electron chi connectivity index (χ4n) is 4.93. The van der Waals surface area contributed by atoms with Gasteiger partial charge in [0.25, 0.3) is 11.5 Å². The van der Waals surface area contributed by atoms with Crippen LogP contribution in [0.4, 0.5) is 15.2 Å². The fourth-order valence-corrected chi connectivity index (χ4v) is 6.76. The summed E-state index contributed by atoms with van der Waals surface area (Å²) in [5, 5.41) is 31.2. The molecule has 0 spiro atoms. The van der Waals surface area contributed by atoms with E-state index in [1.54, 1.807) is 30.3 Å². The van der Waals surface area contributed by atoms with Crippen molar-refractivity contribution in [3.05, 3.63) is 110 Å². The first-order valence-corrected chi connectivity index (χ1v) is 14.6. The highest BCUT2D eigenvalue weighted by Gasteiger charge is 2.48. The van der Waals surface area contributed by atoms with E-state index in [1.807, 2.05) is 6.92 Å². The van der Waals surface area contributed by atoms with E-state index in [2.05, 4.69) is 10.2 Å². The number of nitro groups is 1. The van der Waals surface area contributed by atoms with E-state index in [4.69, 9.17) is 4.74 Å². The molecule has 1 aromatic heterocycles. The zero-order valence-corrected chi connectivity index (χ0v) is 23.5. The van der Waals surface area contributed by atoms with Gasteiger partial charge >= 0.3 is 5.91 Å². The normalized spacial score (nSPS) is 19.1. The van der Waals surface area contributed by atoms with Gasteiger partial charge in [-0.2, -0.15) is 0 Å². The molecule has 10 nitrogen and oxygen atoms in total. The number of ketones is 1. The molecule has 2 aliphatic rings. The zero-order valence-electron chi connectivity index (χ0n) is 21.9. The number of non-ortho nitro benzene ring substituents is 1. The van der Waals surface area contributed by atoms with Crippen LogP contribution >= 0.6 is 23.1 Å². The summed E-state index contributed by atoms with van der Waals surface area (Å²) in [5.41, 5.74) is 2.09. The van der Waals surface area contributed by atoms with Crippen molar-refractivity contribution in [3.63, 3.8) is 0 Å². The van der Waals surface area contributed by atoms with Gasteiger partial charge in [-0.3, -0.25) is 24.6 Å². The number of carbonyl (C=O) groups is 2. The second kappa shape index (κ2) is 11.0. The molecule has 6 rings (SSSR count). The number of aromatic nitrogens is 2. The van der Waals surface area contributed by atoms with Crippen LogP contribution in [0.3, 0.4) is 0 Å². The van der Waals surface area contributed by atoms with E-state index in [0.29, 0.717) is 33.4 Å². The van der Waals surface area contributed by atoms with Crippen molar-refractivity contribution in [2.24, 2.45) is 0 Å². The third-order valence-electron chi connectivity index (χ3n) is 6.91. The molecule has 1 fully saturated rings. The van der Waals surface area contributed by atoms with Gasteiger partial charge in [0.1, 0.15) is 23.4 Å². The molecule has 13 heteroatoms. The Morgan fingerprint density at radius 2 is 1.88 bits per heavy atom. The molecule has 0 bridgehead atoms. The highest BCUT2D eigenvalue weighted by atomic mass is 32.2. The molecule has 3 aromatic carbocycles. The molecule has 2 atom stereocenters. The van der Waals surface area contributed by atoms with Gasteiger partial charge in [-0.05, 0) is 66.1 Å². The van der Waals surface area contributed by atoms with Crippen LogP contribution in [-0.4, -0.2) is 38.0 Å². The van der Waals surface area contributed by atoms with Crippen LogP contribution in [0, 0.1) is 15.9 Å². The van der Waals surface area contributed by atoms with Crippen molar-refractivity contribution >= 4 is 51.4 Å². The van der Waals surface area contributed by atoms with E-state index in [0.717, 1.165) is 27.4 Å². The van der Waals surface area contributed by atoms with Crippen molar-refractivity contribution in [1.82, 2.24) is 10.2 Å². The van der Waals surface area contributed by atoms with Crippen LogP contribution in [0.2, 0.25) is 0 Å². The minimum absolute atomic E-state index is 0.0318. The van der Waals surface area contributed by atoms with Crippen molar-refractivity contribution < 1.29 is 28.7 Å². The Hall–Kier alpha value is -4.62. The summed E-state index contributed by atoms with van der Waals surface area (Å²) in [5.74, 6) is -1.39. The maximum atomic E-state index is 13.5. The second-order valence-electron chi connectivity index (χ2n) is 9.74. The summed E-state index contributed by atoms with van der Waals surface area (Å²) < 4.78 is 19.5. The Kier molecular flexibility index (Phi) is 7.21. The quantitative estimate of drug-likeness (QED) is 0.0526. The number of nitro benzene ring substituents is 1. The Morgan fingerprint density at radius 3 is 2.60 bits per heavy atom. The largest absolute Gasteiger partial charge is 0.507 e. The third-order valence-corrected chi connectivity index (χ3v) is 9.04. The first kappa shape index (κ1) is 27.5. The van der Waals surface area contributed by atoms with Gasteiger partial charge in [0, 0.05) is 29.9 Å². The Bertz CT molecular complexity index is 1760. The lowest BCUT2D eigenvalue weighted by molar-refractivity contribution is -0.384. The molecule has 0 saturated carbocycles. The number of hydrogen-bond donors (Lipinski definition) is 1. The molecule has 2 aliphatic heterocycles. The van der Waals surface area contributed by atoms with Gasteiger partial charge in [0.2, 0.25) is 5.13 Å². The van der Waals surface area contributed by atoms with Crippen LogP contribution in [0.15, 0.2) is 76.6 Å². The number of nitrogens with zero attached hydrogens (tertiary/aromatic N) is 4. The van der Waals surface area contributed by atoms with Crippen LogP contribution in [-0.2, 0) is 21.8 Å². The lowest BCUT2D eigenvalue weighted by Gasteiger charge is -2.22. The van der Waals surface area contributed by atoms with Gasteiger partial charge in [-0.15, -0.1) is 10.2 Å². The number of anilines is 1. The van der Waals surface area contributed by atoms with E-state index < -0.39 is 22.7 Å². The predicted molar refractivity (Wildman–Crippen MR) is 154 cm³/mol. The summed E-state index contributed by atoms with van der Waals surface area (Å²) in [7, 11) is 0. The van der Waals surface area contributed by atoms with E-state index in [-0.39, 0.29) is 34.1 Å². The molecule has 0 radical (unpaired) electrons. The first-order chi connectivity index (χ1) is 20.2. The number of ether oxygens (including phenoxy) is 1. The van der Waals surface area contributed by atoms with Crippen molar-refractivity contribution in [1.29, 1.82) is 0 Å². The molecule has 42 heavy (non-hydrogen) atoms. The number of Topliss-reactive ketones (excluding diaryl/α,β-unsaturated/α-hetero) is 1. The van der Waals surface area contributed by atoms with E-state index >= 15 is 0 Å². The van der Waals surface area contributed by atoms with Crippen LogP contribution < -0.4 is 9.64 Å². The maximum absolute atomic E-state index is 13.5. The molecule has 1 amide bonds. The number of rotatable bonds is 7. The molecule has 0 aliphatic carbocycles. The number of aliphatic hydroxyl groups is 1. The number of amides is 1. The minimum atomic E-state index is -1.11. The average Bonchev–Trinajstić information content (AvgIpc) is 3.67. The maximum Gasteiger partial charge on any atom is 0.301 e. The number of halogens is 1. The first-order valence-electron chi connectivity index (χ1n) is 12.8. The molecule has 212 valence electrons. The molecular weight excluding hydrogens is 583 g/mol. The number of hydrogen-bond acceptors (Lipinski definition) is 10. The number of thioether (sulfide) groups is 1. The van der Waals surface area contributed by atoms with Gasteiger partial charge in [0.15, 0.2) is 4.34 Å². The number of carbonyl (C=O) groups excluding carboxylic acids is 2. The summed E-state index contributed by atoms with van der Waals surface area (Å²) in [6, 6.07) is 15.4. The summed E-state index contributed by atoms with van der Waals surface area (Å²) in [6.45, 7) is 1.92. The zero-order chi connectivity index (χ0) is 29.5. The van der Waals surface area contributed by atoms with E-state index in [9.17, 15) is 29.2 Å². The molecule has 2 unspecified atom stereocenters. The summed E-state index contributed by atoms with van der Waals surface area (Å²) in [6.07, 6.45) is 0.593. The van der Waals surface area contributed by atoms with E-state index in [1.165, 1.54) is 48.2 Å². The van der Waals surface area contributed by atoms with Crippen molar-refractivity contribution in [2.75, 3.05) is 4.90 Å². The Labute approximate surface area is 246 Å². The fraction of sp³-hybridized carbons (Fsp3) is 0.172. The number of benzene rings is 3. The van der Waals surface area contributed by atoms with Crippen molar-refractivity contribution in [2.45, 2.75) is 35.6 Å². The Balaban J connectivity index is 1.39. The van der Waals surface area contributed by atoms with Gasteiger partial charge in [-0.25, -0.2) is 4.39 Å². The summed E-state index contributed by atoms with van der Waals surface area (Å²) in [4.78, 5) is 38.8. The lowest BCUT2D eigenvalue weighted by atomic mass is 9.94. The van der Waals surface area contributed by atoms with Crippen LogP contribution in [0.1, 0.15) is 35.2 Å². The number of aliphatic hydroxyl groups excluding tert-OH is 1. The smallest absolute Gasteiger partial charge is 0.301 e. The molecular formula is C29H21FN4O6S2. The predicted octanol–water partition coefficient (Wildman–Crippen LogP) is 5.83. The minimum Gasteiger partial charge on any atom is -0.507 e. The average molecular weight is 605 g/mol. The third kappa shape index (κ3) is 5.12. The van der Waals surface area contributed by atoms with Gasteiger partial charge in [0.05, 0.1) is 16.5 Å². The second-order valence-corrected chi connectivity index (χ2v) is 11.9. The molecule has 4 aromatic rings. The van der Waals surface area contributed by atoms with Crippen LogP contribution in [0.5, 0.6) is 5.75 Å². The molecule has 1 N–H and O–H groups in total. The highest BCUT2D eigenvalue weighted by molar-refractivity contribution is 8.00. The topological polar surface area (TPSA) is 136 Å². The lowest BCUT2D eigenvalue weighted by Crippen LogP contribution is -2.29. The van der Waals surface area contributed by atoms with Crippen LogP contribution in [0.25, 0.3) is 5.76 Å². The monoisotopic (exact) mass is 604 g/mol. The van der Waals surface area contributed by atoms with Gasteiger partial charge < -0.3 is 9.84 Å². The highest BCUT2D eigenvalue weighted by Crippen LogP contribution is 2.45.